The highest BCUT2D eigenvalue weighted by Gasteiger charge is 2.24. The second kappa shape index (κ2) is 8.10. The third kappa shape index (κ3) is 4.03. The number of hydrogen-bond donors (Lipinski definition) is 1. The molecule has 5 heteroatoms. The monoisotopic (exact) mass is 404 g/mol. The van der Waals surface area contributed by atoms with Gasteiger partial charge in [0.15, 0.2) is 0 Å². The number of benzene rings is 3. The first kappa shape index (κ1) is 19.2. The van der Waals surface area contributed by atoms with Crippen molar-refractivity contribution in [1.29, 1.82) is 0 Å². The molecule has 0 fully saturated rings. The summed E-state index contributed by atoms with van der Waals surface area (Å²) < 4.78 is 0. The predicted molar refractivity (Wildman–Crippen MR) is 117 cm³/mol. The van der Waals surface area contributed by atoms with Crippen LogP contribution in [0, 0.1) is 6.92 Å². The van der Waals surface area contributed by atoms with E-state index in [9.17, 15) is 9.59 Å². The Morgan fingerprint density at radius 3 is 2.55 bits per heavy atom. The average Bonchev–Trinajstić information content (AvgIpc) is 2.75. The highest BCUT2D eigenvalue weighted by atomic mass is 35.5. The number of carbonyl (C=O) groups excluding carboxylic acids is 2. The van der Waals surface area contributed by atoms with Crippen molar-refractivity contribution in [1.82, 2.24) is 0 Å². The summed E-state index contributed by atoms with van der Waals surface area (Å²) in [5, 5.41) is 3.51. The molecule has 0 saturated carbocycles. The zero-order valence-electron chi connectivity index (χ0n) is 16.1. The number of aryl methyl sites for hydroxylation is 2. The minimum atomic E-state index is -0.190. The van der Waals surface area contributed by atoms with Crippen molar-refractivity contribution >= 4 is 34.8 Å². The topological polar surface area (TPSA) is 49.4 Å². The van der Waals surface area contributed by atoms with Crippen LogP contribution in [0.2, 0.25) is 5.02 Å². The lowest BCUT2D eigenvalue weighted by atomic mass is 9.98. The zero-order valence-corrected chi connectivity index (χ0v) is 16.9. The fourth-order valence-electron chi connectivity index (χ4n) is 3.61. The van der Waals surface area contributed by atoms with Gasteiger partial charge in [0, 0.05) is 34.1 Å². The van der Waals surface area contributed by atoms with Crippen molar-refractivity contribution in [2.24, 2.45) is 0 Å². The molecule has 0 spiro atoms. The lowest BCUT2D eigenvalue weighted by molar-refractivity contribution is 0.0984. The molecule has 1 heterocycles. The summed E-state index contributed by atoms with van der Waals surface area (Å²) in [7, 11) is 0. The van der Waals surface area contributed by atoms with Gasteiger partial charge in [0.25, 0.3) is 11.8 Å². The standard InChI is InChI=1S/C24H21ClN2O2/c1-16-9-11-20(25)15-21(16)26-23(28)19-10-12-22-18(14-19)8-5-13-27(22)24(29)17-6-3-2-4-7-17/h2-4,6-7,9-12,14-15H,5,8,13H2,1H3,(H,26,28). The summed E-state index contributed by atoms with van der Waals surface area (Å²) in [5.41, 5.74) is 4.76. The largest absolute Gasteiger partial charge is 0.322 e. The Hall–Kier alpha value is -3.11. The third-order valence-electron chi connectivity index (χ3n) is 5.17. The Morgan fingerprint density at radius 2 is 1.76 bits per heavy atom. The van der Waals surface area contributed by atoms with Gasteiger partial charge in [-0.05, 0) is 73.4 Å². The molecule has 29 heavy (non-hydrogen) atoms. The highest BCUT2D eigenvalue weighted by molar-refractivity contribution is 6.31. The van der Waals surface area contributed by atoms with Gasteiger partial charge in [0.2, 0.25) is 0 Å². The summed E-state index contributed by atoms with van der Waals surface area (Å²) in [6.45, 7) is 2.60. The molecule has 1 aliphatic heterocycles. The van der Waals surface area contributed by atoms with Gasteiger partial charge >= 0.3 is 0 Å². The van der Waals surface area contributed by atoms with Crippen molar-refractivity contribution in [2.45, 2.75) is 19.8 Å². The number of carbonyl (C=O) groups is 2. The van der Waals surface area contributed by atoms with Crippen LogP contribution in [-0.4, -0.2) is 18.4 Å². The van der Waals surface area contributed by atoms with Crippen LogP contribution in [0.1, 0.15) is 38.3 Å². The molecule has 3 aromatic rings. The molecule has 1 N–H and O–H groups in total. The Kier molecular flexibility index (Phi) is 5.36. The summed E-state index contributed by atoms with van der Waals surface area (Å²) in [5.74, 6) is -0.206. The molecule has 3 aromatic carbocycles. The van der Waals surface area contributed by atoms with E-state index in [1.54, 1.807) is 23.1 Å². The molecule has 0 atom stereocenters. The van der Waals surface area contributed by atoms with E-state index in [-0.39, 0.29) is 11.8 Å². The Labute approximate surface area is 175 Å². The number of fused-ring (bicyclic) bond motifs is 1. The quantitative estimate of drug-likeness (QED) is 0.627. The van der Waals surface area contributed by atoms with E-state index < -0.39 is 0 Å². The van der Waals surface area contributed by atoms with Gasteiger partial charge < -0.3 is 10.2 Å². The van der Waals surface area contributed by atoms with Gasteiger partial charge in [0.05, 0.1) is 0 Å². The fraction of sp³-hybridized carbons (Fsp3) is 0.167. The molecule has 4 nitrogen and oxygen atoms in total. The molecule has 0 radical (unpaired) electrons. The molecule has 4 rings (SSSR count). The molecule has 2 amide bonds. The summed E-state index contributed by atoms with van der Waals surface area (Å²) >= 11 is 6.05. The second-order valence-corrected chi connectivity index (χ2v) is 7.62. The van der Waals surface area contributed by atoms with E-state index in [1.807, 2.05) is 55.5 Å². The molecule has 0 aromatic heterocycles. The number of nitrogens with zero attached hydrogens (tertiary/aromatic N) is 1. The molecule has 0 saturated heterocycles. The second-order valence-electron chi connectivity index (χ2n) is 7.18. The Bertz CT molecular complexity index is 1080. The zero-order chi connectivity index (χ0) is 20.4. The molecule has 0 aliphatic carbocycles. The Morgan fingerprint density at radius 1 is 0.966 bits per heavy atom. The average molecular weight is 405 g/mol. The third-order valence-corrected chi connectivity index (χ3v) is 5.41. The van der Waals surface area contributed by atoms with Crippen molar-refractivity contribution < 1.29 is 9.59 Å². The number of rotatable bonds is 3. The van der Waals surface area contributed by atoms with Crippen molar-refractivity contribution in [3.63, 3.8) is 0 Å². The first-order valence-electron chi connectivity index (χ1n) is 9.60. The summed E-state index contributed by atoms with van der Waals surface area (Å²) in [4.78, 5) is 27.5. The highest BCUT2D eigenvalue weighted by Crippen LogP contribution is 2.30. The minimum Gasteiger partial charge on any atom is -0.322 e. The van der Waals surface area contributed by atoms with Crippen molar-refractivity contribution in [2.75, 3.05) is 16.8 Å². The van der Waals surface area contributed by atoms with E-state index >= 15 is 0 Å². The van der Waals surface area contributed by atoms with E-state index in [0.29, 0.717) is 28.4 Å². The van der Waals surface area contributed by atoms with Gasteiger partial charge in [-0.15, -0.1) is 0 Å². The molecular weight excluding hydrogens is 384 g/mol. The molecule has 0 unspecified atom stereocenters. The Balaban J connectivity index is 1.59. The van der Waals surface area contributed by atoms with Crippen LogP contribution in [0.25, 0.3) is 0 Å². The van der Waals surface area contributed by atoms with Crippen LogP contribution in [0.3, 0.4) is 0 Å². The summed E-state index contributed by atoms with van der Waals surface area (Å²) in [6.07, 6.45) is 1.70. The smallest absolute Gasteiger partial charge is 0.258 e. The summed E-state index contributed by atoms with van der Waals surface area (Å²) in [6, 6.07) is 20.2. The van der Waals surface area contributed by atoms with Crippen LogP contribution >= 0.6 is 11.6 Å². The molecule has 0 bridgehead atoms. The number of amides is 2. The lowest BCUT2D eigenvalue weighted by Gasteiger charge is -2.30. The maximum absolute atomic E-state index is 12.9. The molecule has 1 aliphatic rings. The van der Waals surface area contributed by atoms with Gasteiger partial charge in [-0.25, -0.2) is 0 Å². The van der Waals surface area contributed by atoms with Crippen LogP contribution in [0.15, 0.2) is 66.7 Å². The number of anilines is 2. The van der Waals surface area contributed by atoms with E-state index in [2.05, 4.69) is 5.32 Å². The van der Waals surface area contributed by atoms with Crippen LogP contribution in [0.5, 0.6) is 0 Å². The lowest BCUT2D eigenvalue weighted by Crippen LogP contribution is -2.35. The fourth-order valence-corrected chi connectivity index (χ4v) is 3.78. The van der Waals surface area contributed by atoms with Gasteiger partial charge in [-0.2, -0.15) is 0 Å². The van der Waals surface area contributed by atoms with E-state index in [4.69, 9.17) is 11.6 Å². The van der Waals surface area contributed by atoms with Crippen LogP contribution in [-0.2, 0) is 6.42 Å². The normalized spacial score (nSPS) is 13.0. The predicted octanol–water partition coefficient (Wildman–Crippen LogP) is 5.49. The van der Waals surface area contributed by atoms with Gasteiger partial charge in [-0.1, -0.05) is 35.9 Å². The maximum atomic E-state index is 12.9. The van der Waals surface area contributed by atoms with Gasteiger partial charge in [0.1, 0.15) is 0 Å². The number of hydrogen-bond acceptors (Lipinski definition) is 2. The first-order valence-corrected chi connectivity index (χ1v) is 9.98. The van der Waals surface area contributed by atoms with Crippen LogP contribution in [0.4, 0.5) is 11.4 Å². The minimum absolute atomic E-state index is 0.0155. The van der Waals surface area contributed by atoms with E-state index in [1.165, 1.54) is 0 Å². The van der Waals surface area contributed by atoms with Gasteiger partial charge in [-0.3, -0.25) is 9.59 Å². The number of nitrogens with one attached hydrogen (secondary N) is 1. The van der Waals surface area contributed by atoms with E-state index in [0.717, 1.165) is 29.7 Å². The number of halogens is 1. The molecular formula is C24H21ClN2O2. The van der Waals surface area contributed by atoms with Crippen LogP contribution < -0.4 is 10.2 Å². The maximum Gasteiger partial charge on any atom is 0.258 e. The first-order chi connectivity index (χ1) is 14.0. The molecule has 146 valence electrons. The van der Waals surface area contributed by atoms with Crippen molar-refractivity contribution in [3.05, 3.63) is 94.0 Å². The van der Waals surface area contributed by atoms with Crippen molar-refractivity contribution in [3.8, 4) is 0 Å². The SMILES string of the molecule is Cc1ccc(Cl)cc1NC(=O)c1ccc2c(c1)CCCN2C(=O)c1ccccc1.